The third-order valence-electron chi connectivity index (χ3n) is 14.9. The molecule has 6 nitrogen and oxygen atoms in total. The Labute approximate surface area is 538 Å². The smallest absolute Gasteiger partial charge is 0.416 e. The van der Waals surface area contributed by atoms with Crippen LogP contribution in [0.15, 0.2) is 258 Å². The normalized spacial score (nSPS) is 11.2. The Hall–Kier alpha value is -9.29. The minimum absolute atomic E-state index is 0.0125. The fourth-order valence-electron chi connectivity index (χ4n) is 10.3. The van der Waals surface area contributed by atoms with Gasteiger partial charge in [-0.05, 0) is 228 Å². The van der Waals surface area contributed by atoms with Crippen LogP contribution in [0.3, 0.4) is 0 Å². The Morgan fingerprint density at radius 2 is 0.615 bits per heavy atom. The number of ether oxygens (including phenoxy) is 2. The maximum atomic E-state index is 13.7. The van der Waals surface area contributed by atoms with Crippen molar-refractivity contribution in [2.24, 2.45) is 0 Å². The van der Waals surface area contributed by atoms with Gasteiger partial charge in [0, 0.05) is 33.4 Å². The van der Waals surface area contributed by atoms with Crippen molar-refractivity contribution in [2.75, 3.05) is 11.9 Å². The second-order valence-corrected chi connectivity index (χ2v) is 25.2. The number of alkyl halides is 7. The van der Waals surface area contributed by atoms with Crippen molar-refractivity contribution in [1.29, 1.82) is 0 Å². The van der Waals surface area contributed by atoms with Crippen LogP contribution in [0, 0.1) is 6.92 Å². The average molecular weight is 1320 g/mol. The molecular formula is C77H71BrF6O6P+. The van der Waals surface area contributed by atoms with Gasteiger partial charge in [-0.1, -0.05) is 90.6 Å². The SMILES string of the molecule is C=CCc1ccc(O)c(-c2cc(CC=C)ccc2O)c1.C=CCc1ccc(O)c(-c2cc(CC=C)ccc2OCBr)c1.C=CCc1ccc(O)c(-c2cc(CC=C)ccc2OC[P+](c2ccc(C)cc2)(c2ccc(C(F)(F)F)cc2)c2ccc(C(F)(F)F)cc2)c1. The van der Waals surface area contributed by atoms with E-state index in [1.165, 1.54) is 24.3 Å². The molecule has 9 rings (SSSR count). The van der Waals surface area contributed by atoms with Crippen molar-refractivity contribution in [2.45, 2.75) is 57.8 Å². The first kappa shape index (κ1) is 69.2. The monoisotopic (exact) mass is 1320 g/mol. The average Bonchev–Trinajstić information content (AvgIpc) is 0.755. The Morgan fingerprint density at radius 1 is 0.363 bits per heavy atom. The quantitative estimate of drug-likeness (QED) is 0.0220. The lowest BCUT2D eigenvalue weighted by Crippen LogP contribution is -2.35. The molecule has 14 heteroatoms. The summed E-state index contributed by atoms with van der Waals surface area (Å²) in [6, 6.07) is 49.9. The van der Waals surface area contributed by atoms with Crippen LogP contribution < -0.4 is 25.4 Å². The summed E-state index contributed by atoms with van der Waals surface area (Å²) in [5.41, 5.74) is 9.73. The van der Waals surface area contributed by atoms with Crippen molar-refractivity contribution in [3.8, 4) is 67.9 Å². The predicted octanol–water partition coefficient (Wildman–Crippen LogP) is 19.7. The van der Waals surface area contributed by atoms with Gasteiger partial charge in [-0.2, -0.15) is 26.3 Å². The van der Waals surface area contributed by atoms with Gasteiger partial charge in [-0.3, -0.25) is 0 Å². The molecular weight excluding hydrogens is 1250 g/mol. The summed E-state index contributed by atoms with van der Waals surface area (Å²) in [5, 5.41) is 43.0. The summed E-state index contributed by atoms with van der Waals surface area (Å²) in [5.74, 6) is 1.68. The van der Waals surface area contributed by atoms with Crippen molar-refractivity contribution in [1.82, 2.24) is 0 Å². The van der Waals surface area contributed by atoms with Gasteiger partial charge < -0.3 is 29.9 Å². The van der Waals surface area contributed by atoms with Gasteiger partial charge in [0.2, 0.25) is 6.35 Å². The molecule has 9 aromatic carbocycles. The number of halogens is 7. The second-order valence-electron chi connectivity index (χ2n) is 21.3. The number of allylic oxidation sites excluding steroid dienone is 6. The van der Waals surface area contributed by atoms with Crippen molar-refractivity contribution in [3.05, 3.63) is 308 Å². The minimum Gasteiger partial charge on any atom is -0.507 e. The number of hydrogen-bond donors (Lipinski definition) is 4. The number of aryl methyl sites for hydroxylation is 1. The van der Waals surface area contributed by atoms with Gasteiger partial charge in [-0.15, -0.1) is 39.5 Å². The van der Waals surface area contributed by atoms with Crippen LogP contribution in [0.5, 0.6) is 34.5 Å². The molecule has 0 spiro atoms. The van der Waals surface area contributed by atoms with Gasteiger partial charge >= 0.3 is 12.4 Å². The van der Waals surface area contributed by atoms with E-state index in [0.717, 1.165) is 106 Å². The molecule has 4 N–H and O–H groups in total. The number of phenols is 4. The summed E-state index contributed by atoms with van der Waals surface area (Å²) in [4.78, 5) is 0. The van der Waals surface area contributed by atoms with Crippen LogP contribution in [-0.4, -0.2) is 32.3 Å². The van der Waals surface area contributed by atoms with E-state index in [4.69, 9.17) is 9.47 Å². The van der Waals surface area contributed by atoms with E-state index in [0.29, 0.717) is 62.3 Å². The summed E-state index contributed by atoms with van der Waals surface area (Å²) < 4.78 is 94.4. The first-order valence-corrected chi connectivity index (χ1v) is 32.0. The van der Waals surface area contributed by atoms with Gasteiger partial charge in [0.15, 0.2) is 7.26 Å². The minimum atomic E-state index is -4.58. The lowest BCUT2D eigenvalue weighted by Gasteiger charge is -2.28. The van der Waals surface area contributed by atoms with E-state index >= 15 is 0 Å². The van der Waals surface area contributed by atoms with Crippen LogP contribution in [0.1, 0.15) is 50.1 Å². The molecule has 0 unspecified atom stereocenters. The summed E-state index contributed by atoms with van der Waals surface area (Å²) in [6.45, 7) is 24.5. The zero-order valence-corrected chi connectivity index (χ0v) is 52.9. The van der Waals surface area contributed by atoms with E-state index in [1.54, 1.807) is 48.6 Å². The Morgan fingerprint density at radius 3 is 0.890 bits per heavy atom. The lowest BCUT2D eigenvalue weighted by atomic mass is 9.97. The highest BCUT2D eigenvalue weighted by Gasteiger charge is 2.48. The van der Waals surface area contributed by atoms with E-state index in [9.17, 15) is 46.8 Å². The largest absolute Gasteiger partial charge is 0.507 e. The Balaban J connectivity index is 0.000000229. The highest BCUT2D eigenvalue weighted by Crippen LogP contribution is 2.56. The number of hydrogen-bond acceptors (Lipinski definition) is 6. The third kappa shape index (κ3) is 17.8. The zero-order valence-electron chi connectivity index (χ0n) is 50.4. The number of benzene rings is 9. The number of phenolic OH excluding ortho intramolecular Hbond substituents is 4. The van der Waals surface area contributed by atoms with Crippen molar-refractivity contribution in [3.63, 3.8) is 0 Å². The van der Waals surface area contributed by atoms with E-state index in [-0.39, 0.29) is 29.3 Å². The lowest BCUT2D eigenvalue weighted by molar-refractivity contribution is -0.138. The molecule has 9 aromatic rings. The fourth-order valence-corrected chi connectivity index (χ4v) is 14.2. The summed E-state index contributed by atoms with van der Waals surface area (Å²) in [6.07, 6.45) is 5.62. The van der Waals surface area contributed by atoms with Crippen LogP contribution in [-0.2, 0) is 50.9 Å². The molecule has 0 fully saturated rings. The van der Waals surface area contributed by atoms with Crippen LogP contribution in [0.25, 0.3) is 33.4 Å². The highest BCUT2D eigenvalue weighted by molar-refractivity contribution is 9.09. The van der Waals surface area contributed by atoms with Gasteiger partial charge in [-0.25, -0.2) is 0 Å². The van der Waals surface area contributed by atoms with Crippen molar-refractivity contribution < 1.29 is 56.2 Å². The summed E-state index contributed by atoms with van der Waals surface area (Å²) >= 11 is 3.29. The van der Waals surface area contributed by atoms with Crippen molar-refractivity contribution >= 4 is 39.1 Å². The summed E-state index contributed by atoms with van der Waals surface area (Å²) in [7, 11) is -3.10. The molecule has 0 heterocycles. The molecule has 0 bridgehead atoms. The molecule has 0 saturated heterocycles. The second kappa shape index (κ2) is 31.9. The van der Waals surface area contributed by atoms with Gasteiger partial charge in [0.1, 0.15) is 55.9 Å². The molecule has 0 aliphatic rings. The fraction of sp³-hybridized carbons (Fsp3) is 0.143. The van der Waals surface area contributed by atoms with E-state index < -0.39 is 30.7 Å². The molecule has 0 saturated carbocycles. The highest BCUT2D eigenvalue weighted by atomic mass is 79.9. The Bertz CT molecular complexity index is 3890. The van der Waals surface area contributed by atoms with Crippen LogP contribution >= 0.6 is 23.2 Å². The van der Waals surface area contributed by atoms with E-state index in [2.05, 4.69) is 55.4 Å². The standard InChI is InChI=1S/C40H33F6O2P.C19H19BrO2.C18H18O2/c1-4-6-28-10-22-37(47)35(24-28)36-25-29(7-5-2)11-23-38(36)48-26-49(32-16-8-27(3)9-17-32,33-18-12-30(13-19-33)39(41,42)43)34-20-14-31(15-21-34)40(44,45)46;1-3-5-14-7-9-18(21)16(11-14)17-12-15(6-4-2)8-10-19(17)22-13-20;1-3-5-13-7-9-17(19)15(11-13)16-12-14(6-4-2)8-10-18(16)20/h4-5,8-25H,1-2,6-7,26H2,3H3;3-4,7-12,21H,1-2,5-6,13H2;3-4,7-12,19-20H,1-2,5-6H2/p+1. The molecule has 0 aromatic heterocycles. The maximum absolute atomic E-state index is 13.7. The first-order chi connectivity index (χ1) is 43.6. The molecule has 0 atom stereocenters. The number of rotatable bonds is 23. The van der Waals surface area contributed by atoms with E-state index in [1.807, 2.05) is 128 Å². The zero-order chi connectivity index (χ0) is 65.9. The third-order valence-corrected chi connectivity index (χ3v) is 19.1. The first-order valence-electron chi connectivity index (χ1n) is 28.9. The van der Waals surface area contributed by atoms with Crippen LogP contribution in [0.4, 0.5) is 26.3 Å². The molecule has 0 aliphatic heterocycles. The molecule has 468 valence electrons. The molecule has 0 aliphatic carbocycles. The maximum Gasteiger partial charge on any atom is 0.416 e. The number of aromatic hydroxyl groups is 4. The predicted molar refractivity (Wildman–Crippen MR) is 366 cm³/mol. The topological polar surface area (TPSA) is 99.4 Å². The molecule has 0 amide bonds. The molecule has 91 heavy (non-hydrogen) atoms. The molecule has 0 radical (unpaired) electrons. The Kier molecular flexibility index (Phi) is 24.3. The van der Waals surface area contributed by atoms with Gasteiger partial charge in [0.05, 0.1) is 11.1 Å². The van der Waals surface area contributed by atoms with Crippen LogP contribution in [0.2, 0.25) is 0 Å². The van der Waals surface area contributed by atoms with Gasteiger partial charge in [0.25, 0.3) is 0 Å².